The summed E-state index contributed by atoms with van der Waals surface area (Å²) in [6.07, 6.45) is 5.15. The van der Waals surface area contributed by atoms with Crippen LogP contribution in [0.4, 0.5) is 11.8 Å². The lowest BCUT2D eigenvalue weighted by atomic mass is 10.2. The van der Waals surface area contributed by atoms with Gasteiger partial charge >= 0.3 is 0 Å². The van der Waals surface area contributed by atoms with Crippen LogP contribution in [0.2, 0.25) is 0 Å². The van der Waals surface area contributed by atoms with Gasteiger partial charge in [0.05, 0.1) is 11.8 Å². The van der Waals surface area contributed by atoms with Gasteiger partial charge in [0, 0.05) is 31.2 Å². The van der Waals surface area contributed by atoms with Crippen molar-refractivity contribution in [3.8, 4) is 0 Å². The van der Waals surface area contributed by atoms with Gasteiger partial charge in [-0.2, -0.15) is 4.98 Å². The first kappa shape index (κ1) is 13.6. The number of rotatable bonds is 6. The largest absolute Gasteiger partial charge is 0.376 e. The molecule has 3 rings (SSSR count). The summed E-state index contributed by atoms with van der Waals surface area (Å²) in [6, 6.07) is 2.44. The van der Waals surface area contributed by atoms with Crippen LogP contribution in [0.1, 0.15) is 51.1 Å². The van der Waals surface area contributed by atoms with Crippen LogP contribution in [-0.2, 0) is 4.74 Å². The summed E-state index contributed by atoms with van der Waals surface area (Å²) in [5.41, 5.74) is 1.16. The van der Waals surface area contributed by atoms with Gasteiger partial charge in [0.1, 0.15) is 5.82 Å². The lowest BCUT2D eigenvalue weighted by molar-refractivity contribution is 0.120. The molecule has 1 atom stereocenters. The van der Waals surface area contributed by atoms with Crippen molar-refractivity contribution in [1.82, 2.24) is 9.97 Å². The molecule has 1 saturated carbocycles. The van der Waals surface area contributed by atoms with Gasteiger partial charge < -0.3 is 15.4 Å². The Hall–Kier alpha value is -1.36. The smallest absolute Gasteiger partial charge is 0.225 e. The van der Waals surface area contributed by atoms with Crippen molar-refractivity contribution in [1.29, 1.82) is 0 Å². The molecule has 20 heavy (non-hydrogen) atoms. The van der Waals surface area contributed by atoms with E-state index in [4.69, 9.17) is 4.74 Å². The standard InChI is InChI=1S/C15H24N4O/c1-10(2)17-15-18-13(11-5-6-11)8-14(19-15)16-9-12-4-3-7-20-12/h8,10-12H,3-7,9H2,1-2H3,(H2,16,17,18,19)/t12-/m0/s1. The van der Waals surface area contributed by atoms with Crippen molar-refractivity contribution in [2.75, 3.05) is 23.8 Å². The van der Waals surface area contributed by atoms with Gasteiger partial charge in [0.15, 0.2) is 0 Å². The Kier molecular flexibility index (Phi) is 4.05. The van der Waals surface area contributed by atoms with Crippen LogP contribution in [0, 0.1) is 0 Å². The molecule has 0 aromatic carbocycles. The van der Waals surface area contributed by atoms with E-state index >= 15 is 0 Å². The Morgan fingerprint density at radius 3 is 2.80 bits per heavy atom. The minimum absolute atomic E-state index is 0.329. The molecule has 0 bridgehead atoms. The molecule has 1 aromatic rings. The van der Waals surface area contributed by atoms with E-state index < -0.39 is 0 Å². The van der Waals surface area contributed by atoms with Gasteiger partial charge in [-0.1, -0.05) is 0 Å². The van der Waals surface area contributed by atoms with Crippen LogP contribution in [0.3, 0.4) is 0 Å². The Morgan fingerprint density at radius 2 is 2.15 bits per heavy atom. The average molecular weight is 276 g/mol. The summed E-state index contributed by atoms with van der Waals surface area (Å²) < 4.78 is 5.64. The highest BCUT2D eigenvalue weighted by Crippen LogP contribution is 2.39. The number of hydrogen-bond acceptors (Lipinski definition) is 5. The minimum Gasteiger partial charge on any atom is -0.376 e. The third-order valence-electron chi connectivity index (χ3n) is 3.69. The summed E-state index contributed by atoms with van der Waals surface area (Å²) in [5.74, 6) is 2.29. The fourth-order valence-electron chi connectivity index (χ4n) is 2.49. The summed E-state index contributed by atoms with van der Waals surface area (Å²) in [7, 11) is 0. The second-order valence-corrected chi connectivity index (χ2v) is 6.09. The average Bonchev–Trinajstić information content (AvgIpc) is 3.13. The van der Waals surface area contributed by atoms with Gasteiger partial charge in [0.25, 0.3) is 0 Å². The monoisotopic (exact) mass is 276 g/mol. The fourth-order valence-corrected chi connectivity index (χ4v) is 2.49. The second-order valence-electron chi connectivity index (χ2n) is 6.09. The molecule has 0 unspecified atom stereocenters. The molecule has 2 heterocycles. The Bertz CT molecular complexity index is 453. The predicted octanol–water partition coefficient (Wildman–Crippen LogP) is 2.77. The van der Waals surface area contributed by atoms with Crippen LogP contribution < -0.4 is 10.6 Å². The third kappa shape index (κ3) is 3.60. The first-order valence-corrected chi connectivity index (χ1v) is 7.71. The molecular weight excluding hydrogens is 252 g/mol. The number of anilines is 2. The molecule has 2 N–H and O–H groups in total. The summed E-state index contributed by atoms with van der Waals surface area (Å²) in [4.78, 5) is 9.18. The molecule has 5 heteroatoms. The van der Waals surface area contributed by atoms with Crippen LogP contribution in [-0.4, -0.2) is 35.3 Å². The molecule has 1 aliphatic carbocycles. The lowest BCUT2D eigenvalue weighted by Gasteiger charge is -2.14. The molecule has 1 aliphatic heterocycles. The fraction of sp³-hybridized carbons (Fsp3) is 0.733. The zero-order valence-corrected chi connectivity index (χ0v) is 12.4. The molecule has 5 nitrogen and oxygen atoms in total. The van der Waals surface area contributed by atoms with Crippen molar-refractivity contribution < 1.29 is 4.74 Å². The van der Waals surface area contributed by atoms with Crippen molar-refractivity contribution in [2.24, 2.45) is 0 Å². The highest BCUT2D eigenvalue weighted by Gasteiger charge is 2.26. The number of ether oxygens (including phenoxy) is 1. The van der Waals surface area contributed by atoms with Gasteiger partial charge in [-0.05, 0) is 39.5 Å². The van der Waals surface area contributed by atoms with Crippen LogP contribution in [0.15, 0.2) is 6.07 Å². The van der Waals surface area contributed by atoms with E-state index in [-0.39, 0.29) is 0 Å². The normalized spacial score (nSPS) is 22.2. The van der Waals surface area contributed by atoms with Crippen molar-refractivity contribution in [2.45, 2.75) is 57.6 Å². The van der Waals surface area contributed by atoms with Gasteiger partial charge in [-0.15, -0.1) is 0 Å². The van der Waals surface area contributed by atoms with Crippen LogP contribution in [0.5, 0.6) is 0 Å². The molecular formula is C15H24N4O. The molecule has 1 saturated heterocycles. The van der Waals surface area contributed by atoms with Crippen LogP contribution in [0.25, 0.3) is 0 Å². The minimum atomic E-state index is 0.329. The zero-order chi connectivity index (χ0) is 13.9. The number of aromatic nitrogens is 2. The quantitative estimate of drug-likeness (QED) is 0.836. The Morgan fingerprint density at radius 1 is 1.30 bits per heavy atom. The summed E-state index contributed by atoms with van der Waals surface area (Å²) in [6.45, 7) is 5.94. The molecule has 110 valence electrons. The second kappa shape index (κ2) is 5.95. The van der Waals surface area contributed by atoms with E-state index in [1.807, 2.05) is 0 Å². The molecule has 2 fully saturated rings. The number of nitrogens with zero attached hydrogens (tertiary/aromatic N) is 2. The summed E-state index contributed by atoms with van der Waals surface area (Å²) in [5, 5.41) is 6.71. The first-order chi connectivity index (χ1) is 9.70. The van der Waals surface area contributed by atoms with Gasteiger partial charge in [-0.3, -0.25) is 0 Å². The maximum Gasteiger partial charge on any atom is 0.225 e. The van der Waals surface area contributed by atoms with Crippen molar-refractivity contribution >= 4 is 11.8 Å². The SMILES string of the molecule is CC(C)Nc1nc(NC[C@@H]2CCCO2)cc(C2CC2)n1. The molecule has 1 aromatic heterocycles. The summed E-state index contributed by atoms with van der Waals surface area (Å²) >= 11 is 0. The van der Waals surface area contributed by atoms with Crippen molar-refractivity contribution in [3.63, 3.8) is 0 Å². The highest BCUT2D eigenvalue weighted by molar-refractivity contribution is 5.44. The van der Waals surface area contributed by atoms with E-state index in [9.17, 15) is 0 Å². The van der Waals surface area contributed by atoms with E-state index in [2.05, 4.69) is 40.5 Å². The number of nitrogens with one attached hydrogen (secondary N) is 2. The predicted molar refractivity (Wildman–Crippen MR) is 80.2 cm³/mol. The highest BCUT2D eigenvalue weighted by atomic mass is 16.5. The Labute approximate surface area is 120 Å². The van der Waals surface area contributed by atoms with E-state index in [0.717, 1.165) is 37.0 Å². The third-order valence-corrected chi connectivity index (χ3v) is 3.69. The molecule has 0 spiro atoms. The maximum absolute atomic E-state index is 5.64. The van der Waals surface area contributed by atoms with Crippen molar-refractivity contribution in [3.05, 3.63) is 11.8 Å². The maximum atomic E-state index is 5.64. The molecule has 0 radical (unpaired) electrons. The molecule has 2 aliphatic rings. The van der Waals surface area contributed by atoms with Gasteiger partial charge in [-0.25, -0.2) is 4.98 Å². The van der Waals surface area contributed by atoms with Gasteiger partial charge in [0.2, 0.25) is 5.95 Å². The van der Waals surface area contributed by atoms with Crippen LogP contribution >= 0.6 is 0 Å². The lowest BCUT2D eigenvalue weighted by Crippen LogP contribution is -2.20. The van der Waals surface area contributed by atoms with E-state index in [1.165, 1.54) is 19.3 Å². The molecule has 0 amide bonds. The Balaban J connectivity index is 1.68. The van der Waals surface area contributed by atoms with E-state index in [1.54, 1.807) is 0 Å². The topological polar surface area (TPSA) is 59.1 Å². The first-order valence-electron chi connectivity index (χ1n) is 7.71. The zero-order valence-electron chi connectivity index (χ0n) is 12.4. The number of hydrogen-bond donors (Lipinski definition) is 2. The van der Waals surface area contributed by atoms with E-state index in [0.29, 0.717) is 18.1 Å².